The van der Waals surface area contributed by atoms with E-state index in [4.69, 9.17) is 10.5 Å². The maximum atomic E-state index is 11.9. The summed E-state index contributed by atoms with van der Waals surface area (Å²) >= 11 is 0. The molecule has 0 radical (unpaired) electrons. The molecule has 94 valence electrons. The van der Waals surface area contributed by atoms with E-state index in [-0.39, 0.29) is 5.56 Å². The van der Waals surface area contributed by atoms with E-state index in [0.717, 1.165) is 11.1 Å². The second-order valence-corrected chi connectivity index (χ2v) is 4.24. The number of rotatable bonds is 3. The summed E-state index contributed by atoms with van der Waals surface area (Å²) in [5.74, 6) is 0.700. The Morgan fingerprint density at radius 2 is 2.11 bits per heavy atom. The second kappa shape index (κ2) is 4.96. The predicted molar refractivity (Wildman–Crippen MR) is 71.9 cm³/mol. The van der Waals surface area contributed by atoms with Gasteiger partial charge in [0, 0.05) is 23.5 Å². The summed E-state index contributed by atoms with van der Waals surface area (Å²) in [4.78, 5) is 11.9. The Bertz CT molecular complexity index is 617. The highest BCUT2D eigenvalue weighted by Crippen LogP contribution is 2.18. The average molecular weight is 244 g/mol. The largest absolute Gasteiger partial charge is 0.497 e. The van der Waals surface area contributed by atoms with Gasteiger partial charge in [0.2, 0.25) is 0 Å². The summed E-state index contributed by atoms with van der Waals surface area (Å²) in [6, 6.07) is 9.14. The Labute approximate surface area is 106 Å². The third kappa shape index (κ3) is 2.53. The van der Waals surface area contributed by atoms with E-state index < -0.39 is 0 Å². The van der Waals surface area contributed by atoms with Crippen LogP contribution < -0.4 is 16.0 Å². The van der Waals surface area contributed by atoms with Crippen molar-refractivity contribution in [2.45, 2.75) is 13.5 Å². The molecule has 1 aromatic carbocycles. The van der Waals surface area contributed by atoms with Gasteiger partial charge in [0.05, 0.1) is 13.7 Å². The highest BCUT2D eigenvalue weighted by Gasteiger charge is 2.03. The molecule has 0 amide bonds. The lowest BCUT2D eigenvalue weighted by Crippen LogP contribution is -2.21. The summed E-state index contributed by atoms with van der Waals surface area (Å²) in [6.07, 6.45) is 1.77. The zero-order valence-corrected chi connectivity index (χ0v) is 10.5. The lowest BCUT2D eigenvalue weighted by molar-refractivity contribution is 0.414. The van der Waals surface area contributed by atoms with Crippen LogP contribution in [0.1, 0.15) is 11.1 Å². The molecule has 18 heavy (non-hydrogen) atoms. The van der Waals surface area contributed by atoms with Crippen molar-refractivity contribution in [3.8, 4) is 5.75 Å². The molecule has 0 aliphatic heterocycles. The van der Waals surface area contributed by atoms with Gasteiger partial charge >= 0.3 is 0 Å². The fourth-order valence-corrected chi connectivity index (χ4v) is 1.87. The van der Waals surface area contributed by atoms with Crippen LogP contribution >= 0.6 is 0 Å². The number of hydrogen-bond donors (Lipinski definition) is 1. The minimum atomic E-state index is 0.0129. The van der Waals surface area contributed by atoms with Crippen LogP contribution in [0, 0.1) is 6.92 Å². The van der Waals surface area contributed by atoms with E-state index in [1.165, 1.54) is 0 Å². The Hall–Kier alpha value is -2.23. The van der Waals surface area contributed by atoms with Crippen molar-refractivity contribution in [1.29, 1.82) is 0 Å². The smallest absolute Gasteiger partial charge is 0.253 e. The monoisotopic (exact) mass is 244 g/mol. The third-order valence-corrected chi connectivity index (χ3v) is 2.79. The molecule has 2 aromatic rings. The number of benzene rings is 1. The fraction of sp³-hybridized carbons (Fsp3) is 0.214. The van der Waals surface area contributed by atoms with Gasteiger partial charge < -0.3 is 15.0 Å². The van der Waals surface area contributed by atoms with E-state index in [2.05, 4.69) is 0 Å². The van der Waals surface area contributed by atoms with Crippen molar-refractivity contribution >= 4 is 5.69 Å². The van der Waals surface area contributed by atoms with Gasteiger partial charge in [-0.15, -0.1) is 0 Å². The fourth-order valence-electron chi connectivity index (χ4n) is 1.87. The van der Waals surface area contributed by atoms with Crippen LogP contribution in [-0.2, 0) is 6.54 Å². The molecule has 1 aromatic heterocycles. The number of nitrogen functional groups attached to an aromatic ring is 1. The van der Waals surface area contributed by atoms with Crippen molar-refractivity contribution in [2.24, 2.45) is 0 Å². The minimum Gasteiger partial charge on any atom is -0.497 e. The summed E-state index contributed by atoms with van der Waals surface area (Å²) in [5, 5.41) is 0. The Morgan fingerprint density at radius 1 is 1.33 bits per heavy atom. The molecule has 0 fully saturated rings. The molecule has 0 bridgehead atoms. The molecule has 0 aliphatic rings. The summed E-state index contributed by atoms with van der Waals surface area (Å²) in [7, 11) is 1.59. The molecule has 4 nitrogen and oxygen atoms in total. The normalized spacial score (nSPS) is 10.3. The quantitative estimate of drug-likeness (QED) is 0.837. The Kier molecular flexibility index (Phi) is 3.37. The number of nitrogens with two attached hydrogens (primary N) is 1. The number of aryl methyl sites for hydroxylation is 1. The first-order chi connectivity index (χ1) is 8.60. The molecule has 4 heteroatoms. The summed E-state index contributed by atoms with van der Waals surface area (Å²) in [6.45, 7) is 2.29. The van der Waals surface area contributed by atoms with Crippen LogP contribution in [0.15, 0.2) is 41.3 Å². The molecule has 0 saturated heterocycles. The van der Waals surface area contributed by atoms with Crippen LogP contribution in [0.5, 0.6) is 5.75 Å². The second-order valence-electron chi connectivity index (χ2n) is 4.24. The van der Waals surface area contributed by atoms with Crippen molar-refractivity contribution in [3.63, 3.8) is 0 Å². The molecule has 0 unspecified atom stereocenters. The molecule has 0 saturated carbocycles. The Balaban J connectivity index is 2.37. The standard InChI is InChI=1S/C14H16N2O2/c1-10-4-3-5-16(14(10)17)9-11-6-12(15)8-13(7-11)18-2/h3-8H,9,15H2,1-2H3. The molecule has 2 N–H and O–H groups in total. The first-order valence-electron chi connectivity index (χ1n) is 5.69. The molecule has 0 atom stereocenters. The van der Waals surface area contributed by atoms with Gasteiger partial charge in [-0.3, -0.25) is 4.79 Å². The molecule has 0 spiro atoms. The highest BCUT2D eigenvalue weighted by atomic mass is 16.5. The Morgan fingerprint density at radius 3 is 2.83 bits per heavy atom. The lowest BCUT2D eigenvalue weighted by atomic mass is 10.2. The lowest BCUT2D eigenvalue weighted by Gasteiger charge is -2.09. The van der Waals surface area contributed by atoms with E-state index in [9.17, 15) is 4.79 Å². The minimum absolute atomic E-state index is 0.0129. The number of pyridine rings is 1. The zero-order valence-electron chi connectivity index (χ0n) is 10.5. The van der Waals surface area contributed by atoms with E-state index in [0.29, 0.717) is 18.0 Å². The average Bonchev–Trinajstić information content (AvgIpc) is 2.34. The zero-order chi connectivity index (χ0) is 13.1. The first-order valence-corrected chi connectivity index (χ1v) is 5.69. The predicted octanol–water partition coefficient (Wildman–Crippen LogP) is 1.80. The van der Waals surface area contributed by atoms with E-state index in [1.54, 1.807) is 36.9 Å². The van der Waals surface area contributed by atoms with Gasteiger partial charge in [-0.2, -0.15) is 0 Å². The van der Waals surface area contributed by atoms with Crippen LogP contribution in [0.3, 0.4) is 0 Å². The van der Waals surface area contributed by atoms with Crippen LogP contribution in [0.2, 0.25) is 0 Å². The third-order valence-electron chi connectivity index (χ3n) is 2.79. The van der Waals surface area contributed by atoms with Crippen molar-refractivity contribution in [3.05, 3.63) is 58.0 Å². The number of ether oxygens (including phenoxy) is 1. The SMILES string of the molecule is COc1cc(N)cc(Cn2cccc(C)c2=O)c1. The van der Waals surface area contributed by atoms with Crippen molar-refractivity contribution in [1.82, 2.24) is 4.57 Å². The van der Waals surface area contributed by atoms with Gasteiger partial charge in [-0.05, 0) is 30.7 Å². The number of hydrogen-bond acceptors (Lipinski definition) is 3. The van der Waals surface area contributed by atoms with Crippen molar-refractivity contribution < 1.29 is 4.74 Å². The summed E-state index contributed by atoms with van der Waals surface area (Å²) in [5.41, 5.74) is 8.11. The van der Waals surface area contributed by atoms with Gasteiger partial charge in [-0.25, -0.2) is 0 Å². The first kappa shape index (κ1) is 12.2. The van der Waals surface area contributed by atoms with Gasteiger partial charge in [0.15, 0.2) is 0 Å². The van der Waals surface area contributed by atoms with Gasteiger partial charge in [0.25, 0.3) is 5.56 Å². The molecule has 0 aliphatic carbocycles. The molecule has 1 heterocycles. The van der Waals surface area contributed by atoms with E-state index >= 15 is 0 Å². The van der Waals surface area contributed by atoms with Crippen LogP contribution in [-0.4, -0.2) is 11.7 Å². The number of anilines is 1. The summed E-state index contributed by atoms with van der Waals surface area (Å²) < 4.78 is 6.82. The maximum Gasteiger partial charge on any atom is 0.253 e. The van der Waals surface area contributed by atoms with Crippen LogP contribution in [0.4, 0.5) is 5.69 Å². The topological polar surface area (TPSA) is 57.2 Å². The molecule has 2 rings (SSSR count). The van der Waals surface area contributed by atoms with Gasteiger partial charge in [-0.1, -0.05) is 6.07 Å². The number of aromatic nitrogens is 1. The number of methoxy groups -OCH3 is 1. The van der Waals surface area contributed by atoms with Crippen molar-refractivity contribution in [2.75, 3.05) is 12.8 Å². The molecular weight excluding hydrogens is 228 g/mol. The van der Waals surface area contributed by atoms with Gasteiger partial charge in [0.1, 0.15) is 5.75 Å². The van der Waals surface area contributed by atoms with Crippen LogP contribution in [0.25, 0.3) is 0 Å². The maximum absolute atomic E-state index is 11.9. The van der Waals surface area contributed by atoms with E-state index in [1.807, 2.05) is 18.2 Å². The number of nitrogens with zero attached hydrogens (tertiary/aromatic N) is 1. The molecular formula is C14H16N2O2. The highest BCUT2D eigenvalue weighted by molar-refractivity contribution is 5.47.